The molecule has 2 aromatic carbocycles. The number of benzene rings is 2. The van der Waals surface area contributed by atoms with Crippen molar-refractivity contribution in [3.05, 3.63) is 59.2 Å². The molecule has 2 aromatic rings. The molecule has 0 amide bonds. The fraction of sp³-hybridized carbons (Fsp3) is 0.333. The van der Waals surface area contributed by atoms with Gasteiger partial charge in [0.15, 0.2) is 0 Å². The van der Waals surface area contributed by atoms with Gasteiger partial charge in [0.25, 0.3) is 0 Å². The molecule has 0 saturated heterocycles. The molecule has 0 aromatic heterocycles. The minimum Gasteiger partial charge on any atom is -0.496 e. The van der Waals surface area contributed by atoms with E-state index >= 15 is 0 Å². The smallest absolute Gasteiger partial charge is 0.127 e. The maximum Gasteiger partial charge on any atom is 0.127 e. The Kier molecular flexibility index (Phi) is 4.11. The van der Waals surface area contributed by atoms with Gasteiger partial charge in [0, 0.05) is 17.5 Å². The molecule has 1 aliphatic rings. The normalized spacial score (nSPS) is 14.4. The quantitative estimate of drug-likeness (QED) is 0.913. The average Bonchev–Trinajstić information content (AvgIpc) is 3.01. The third-order valence-electron chi connectivity index (χ3n) is 3.91. The summed E-state index contributed by atoms with van der Waals surface area (Å²) in [6.45, 7) is 3.77. The summed E-state index contributed by atoms with van der Waals surface area (Å²) in [5.74, 6) is 1.94. The Morgan fingerprint density at radius 3 is 2.76 bits per heavy atom. The van der Waals surface area contributed by atoms with Crippen LogP contribution in [0.15, 0.2) is 42.5 Å². The maximum absolute atomic E-state index is 5.87. The Bertz CT molecular complexity index is 624. The van der Waals surface area contributed by atoms with Crippen molar-refractivity contribution >= 4 is 0 Å². The molecular formula is C18H21NO2. The number of nitrogens with one attached hydrogen (secondary N) is 1. The van der Waals surface area contributed by atoms with E-state index in [0.29, 0.717) is 0 Å². The molecule has 1 unspecified atom stereocenters. The monoisotopic (exact) mass is 283 g/mol. The molecular weight excluding hydrogens is 262 g/mol. The van der Waals surface area contributed by atoms with Crippen LogP contribution in [-0.4, -0.2) is 20.3 Å². The van der Waals surface area contributed by atoms with Crippen molar-refractivity contribution in [2.75, 3.05) is 20.3 Å². The van der Waals surface area contributed by atoms with Crippen LogP contribution in [0.3, 0.4) is 0 Å². The van der Waals surface area contributed by atoms with Crippen molar-refractivity contribution in [2.45, 2.75) is 19.4 Å². The van der Waals surface area contributed by atoms with Crippen LogP contribution >= 0.6 is 0 Å². The Morgan fingerprint density at radius 2 is 1.95 bits per heavy atom. The van der Waals surface area contributed by atoms with Crippen LogP contribution < -0.4 is 14.8 Å². The Hall–Kier alpha value is -2.00. The molecule has 3 nitrogen and oxygen atoms in total. The first kappa shape index (κ1) is 14.0. The van der Waals surface area contributed by atoms with E-state index in [-0.39, 0.29) is 6.04 Å². The molecule has 1 N–H and O–H groups in total. The van der Waals surface area contributed by atoms with Crippen LogP contribution in [0.5, 0.6) is 11.5 Å². The summed E-state index contributed by atoms with van der Waals surface area (Å²) in [4.78, 5) is 0. The molecule has 21 heavy (non-hydrogen) atoms. The first-order valence-corrected chi connectivity index (χ1v) is 7.46. The second-order valence-electron chi connectivity index (χ2n) is 5.17. The predicted octanol–water partition coefficient (Wildman–Crippen LogP) is 3.33. The number of hydrogen-bond acceptors (Lipinski definition) is 3. The molecule has 3 rings (SSSR count). The molecule has 1 aliphatic heterocycles. The summed E-state index contributed by atoms with van der Waals surface area (Å²) in [6.07, 6.45) is 0.994. The highest BCUT2D eigenvalue weighted by atomic mass is 16.5. The summed E-state index contributed by atoms with van der Waals surface area (Å²) < 4.78 is 11.4. The van der Waals surface area contributed by atoms with Gasteiger partial charge < -0.3 is 14.8 Å². The third kappa shape index (κ3) is 2.61. The van der Waals surface area contributed by atoms with Crippen molar-refractivity contribution < 1.29 is 9.47 Å². The van der Waals surface area contributed by atoms with E-state index in [2.05, 4.69) is 36.5 Å². The zero-order valence-corrected chi connectivity index (χ0v) is 12.6. The standard InChI is InChI=1S/C18H21NO2/c1-3-19-17(14-8-4-5-10-16(14)20-2)15-9-6-7-13-11-12-21-18(13)15/h4-10,17,19H,3,11-12H2,1-2H3. The van der Waals surface area contributed by atoms with Crippen LogP contribution in [-0.2, 0) is 6.42 Å². The molecule has 1 atom stereocenters. The number of fused-ring (bicyclic) bond motifs is 1. The predicted molar refractivity (Wildman–Crippen MR) is 84.2 cm³/mol. The lowest BCUT2D eigenvalue weighted by Gasteiger charge is -2.23. The SMILES string of the molecule is CCNC(c1ccccc1OC)c1cccc2c1OCC2. The van der Waals surface area contributed by atoms with Gasteiger partial charge in [-0.15, -0.1) is 0 Å². The molecule has 0 bridgehead atoms. The number of rotatable bonds is 5. The zero-order valence-electron chi connectivity index (χ0n) is 12.6. The van der Waals surface area contributed by atoms with E-state index in [1.165, 1.54) is 11.1 Å². The zero-order chi connectivity index (χ0) is 14.7. The van der Waals surface area contributed by atoms with Crippen LogP contribution in [0.25, 0.3) is 0 Å². The fourth-order valence-corrected chi connectivity index (χ4v) is 2.96. The highest BCUT2D eigenvalue weighted by Gasteiger charge is 2.24. The molecule has 0 fully saturated rings. The Labute approximate surface area is 125 Å². The van der Waals surface area contributed by atoms with Crippen molar-refractivity contribution in [2.24, 2.45) is 0 Å². The topological polar surface area (TPSA) is 30.5 Å². The maximum atomic E-state index is 5.87. The van der Waals surface area contributed by atoms with Gasteiger partial charge in [-0.3, -0.25) is 0 Å². The van der Waals surface area contributed by atoms with E-state index in [1.54, 1.807) is 7.11 Å². The summed E-state index contributed by atoms with van der Waals surface area (Å²) in [5, 5.41) is 3.56. The van der Waals surface area contributed by atoms with Crippen molar-refractivity contribution in [1.82, 2.24) is 5.32 Å². The van der Waals surface area contributed by atoms with Gasteiger partial charge in [-0.1, -0.05) is 43.3 Å². The molecule has 0 saturated carbocycles. The lowest BCUT2D eigenvalue weighted by atomic mass is 9.95. The van der Waals surface area contributed by atoms with Gasteiger partial charge in [0.05, 0.1) is 19.8 Å². The lowest BCUT2D eigenvalue weighted by Crippen LogP contribution is -2.23. The first-order chi connectivity index (χ1) is 10.3. The minimum absolute atomic E-state index is 0.0826. The fourth-order valence-electron chi connectivity index (χ4n) is 2.96. The lowest BCUT2D eigenvalue weighted by molar-refractivity contribution is 0.349. The third-order valence-corrected chi connectivity index (χ3v) is 3.91. The summed E-state index contributed by atoms with van der Waals surface area (Å²) in [6, 6.07) is 14.6. The van der Waals surface area contributed by atoms with Gasteiger partial charge in [0.2, 0.25) is 0 Å². The molecule has 3 heteroatoms. The summed E-state index contributed by atoms with van der Waals surface area (Å²) >= 11 is 0. The van der Waals surface area contributed by atoms with E-state index in [9.17, 15) is 0 Å². The van der Waals surface area contributed by atoms with Crippen LogP contribution in [0.4, 0.5) is 0 Å². The number of para-hydroxylation sites is 2. The van der Waals surface area contributed by atoms with Crippen LogP contribution in [0.2, 0.25) is 0 Å². The van der Waals surface area contributed by atoms with Crippen molar-refractivity contribution in [3.63, 3.8) is 0 Å². The summed E-state index contributed by atoms with van der Waals surface area (Å²) in [5.41, 5.74) is 3.63. The van der Waals surface area contributed by atoms with E-state index < -0.39 is 0 Å². The van der Waals surface area contributed by atoms with Crippen molar-refractivity contribution in [1.29, 1.82) is 0 Å². The number of hydrogen-bond donors (Lipinski definition) is 1. The van der Waals surface area contributed by atoms with Gasteiger partial charge in [-0.25, -0.2) is 0 Å². The van der Waals surface area contributed by atoms with Crippen LogP contribution in [0, 0.1) is 0 Å². The number of ether oxygens (including phenoxy) is 2. The average molecular weight is 283 g/mol. The molecule has 1 heterocycles. The van der Waals surface area contributed by atoms with Gasteiger partial charge >= 0.3 is 0 Å². The molecule has 0 spiro atoms. The van der Waals surface area contributed by atoms with Gasteiger partial charge in [-0.05, 0) is 18.2 Å². The molecule has 0 aliphatic carbocycles. The van der Waals surface area contributed by atoms with E-state index in [0.717, 1.165) is 36.6 Å². The number of methoxy groups -OCH3 is 1. The Morgan fingerprint density at radius 1 is 1.14 bits per heavy atom. The van der Waals surface area contributed by atoms with E-state index in [1.807, 2.05) is 18.2 Å². The van der Waals surface area contributed by atoms with Gasteiger partial charge in [0.1, 0.15) is 11.5 Å². The Balaban J connectivity index is 2.09. The second-order valence-corrected chi connectivity index (χ2v) is 5.17. The van der Waals surface area contributed by atoms with Crippen molar-refractivity contribution in [3.8, 4) is 11.5 Å². The highest BCUT2D eigenvalue weighted by Crippen LogP contribution is 2.38. The summed E-state index contributed by atoms with van der Waals surface area (Å²) in [7, 11) is 1.72. The highest BCUT2D eigenvalue weighted by molar-refractivity contribution is 5.51. The minimum atomic E-state index is 0.0826. The molecule has 0 radical (unpaired) electrons. The second kappa shape index (κ2) is 6.19. The van der Waals surface area contributed by atoms with Crippen LogP contribution in [0.1, 0.15) is 29.7 Å². The largest absolute Gasteiger partial charge is 0.496 e. The first-order valence-electron chi connectivity index (χ1n) is 7.46. The van der Waals surface area contributed by atoms with E-state index in [4.69, 9.17) is 9.47 Å². The van der Waals surface area contributed by atoms with Gasteiger partial charge in [-0.2, -0.15) is 0 Å². The molecule has 110 valence electrons.